The summed E-state index contributed by atoms with van der Waals surface area (Å²) >= 11 is 0. The van der Waals surface area contributed by atoms with Crippen LogP contribution in [0, 0.1) is 5.92 Å². The van der Waals surface area contributed by atoms with Gasteiger partial charge in [0, 0.05) is 19.6 Å². The van der Waals surface area contributed by atoms with E-state index in [0.717, 1.165) is 37.5 Å². The molecule has 0 saturated carbocycles. The molecular formula is C23H38N4O4. The summed E-state index contributed by atoms with van der Waals surface area (Å²) in [4.78, 5) is 21.5. The first-order chi connectivity index (χ1) is 14.9. The Morgan fingerprint density at radius 1 is 1.26 bits per heavy atom. The number of ether oxygens (including phenoxy) is 3. The summed E-state index contributed by atoms with van der Waals surface area (Å²) in [5.74, 6) is 2.03. The van der Waals surface area contributed by atoms with E-state index in [1.807, 2.05) is 39.2 Å². The molecule has 2 atom stereocenters. The first-order valence-electron chi connectivity index (χ1n) is 11.0. The lowest BCUT2D eigenvalue weighted by molar-refractivity contribution is -0.149. The van der Waals surface area contributed by atoms with Crippen molar-refractivity contribution in [3.8, 4) is 11.5 Å². The average Bonchev–Trinajstić information content (AvgIpc) is 2.78. The number of rotatable bonds is 9. The Hall–Kier alpha value is -2.48. The molecule has 1 aliphatic rings. The number of piperidine rings is 1. The molecule has 1 N–H and O–H groups in total. The first kappa shape index (κ1) is 24.8. The van der Waals surface area contributed by atoms with E-state index in [0.29, 0.717) is 31.2 Å². The SMILES string of the molecule is CCNC(=NCC(c1ccc(OC)c(OC)c1)N(C)C)N1CCCC(C(=O)OCC)C1. The lowest BCUT2D eigenvalue weighted by Crippen LogP contribution is -2.48. The summed E-state index contributed by atoms with van der Waals surface area (Å²) in [6.45, 7) is 7.17. The number of carbonyl (C=O) groups is 1. The number of guanidine groups is 1. The number of carbonyl (C=O) groups excluding carboxylic acids is 1. The Balaban J connectivity index is 2.20. The van der Waals surface area contributed by atoms with Gasteiger partial charge in [-0.25, -0.2) is 0 Å². The normalized spacial score (nSPS) is 18.0. The Bertz CT molecular complexity index is 738. The van der Waals surface area contributed by atoms with Gasteiger partial charge in [0.1, 0.15) is 0 Å². The molecule has 1 saturated heterocycles. The Kier molecular flexibility index (Phi) is 9.91. The molecule has 0 amide bonds. The zero-order chi connectivity index (χ0) is 22.8. The van der Waals surface area contributed by atoms with Crippen molar-refractivity contribution in [2.24, 2.45) is 10.9 Å². The van der Waals surface area contributed by atoms with Crippen LogP contribution in [0.3, 0.4) is 0 Å². The highest BCUT2D eigenvalue weighted by atomic mass is 16.5. The molecule has 1 heterocycles. The molecule has 8 heteroatoms. The highest BCUT2D eigenvalue weighted by Crippen LogP contribution is 2.31. The maximum absolute atomic E-state index is 12.2. The predicted molar refractivity (Wildman–Crippen MR) is 123 cm³/mol. The van der Waals surface area contributed by atoms with Gasteiger partial charge in [-0.05, 0) is 58.5 Å². The van der Waals surface area contributed by atoms with Crippen LogP contribution >= 0.6 is 0 Å². The summed E-state index contributed by atoms with van der Waals surface area (Å²) in [5.41, 5.74) is 1.10. The van der Waals surface area contributed by atoms with Crippen LogP contribution in [-0.2, 0) is 9.53 Å². The molecule has 0 aliphatic carbocycles. The van der Waals surface area contributed by atoms with Crippen molar-refractivity contribution in [1.29, 1.82) is 0 Å². The minimum atomic E-state index is -0.112. The molecule has 2 unspecified atom stereocenters. The fourth-order valence-electron chi connectivity index (χ4n) is 3.85. The van der Waals surface area contributed by atoms with Crippen LogP contribution in [0.5, 0.6) is 11.5 Å². The van der Waals surface area contributed by atoms with Gasteiger partial charge in [-0.1, -0.05) is 6.07 Å². The standard InChI is InChI=1S/C23H38N4O4/c1-7-24-23(27-13-9-10-18(16-27)22(28)31-8-2)25-15-19(26(3)4)17-11-12-20(29-5)21(14-17)30-6/h11-12,14,18-19H,7-10,13,15-16H2,1-6H3,(H,24,25). The second-order valence-corrected chi connectivity index (χ2v) is 7.83. The summed E-state index contributed by atoms with van der Waals surface area (Å²) in [7, 11) is 7.36. The molecule has 0 aromatic heterocycles. The smallest absolute Gasteiger partial charge is 0.310 e. The van der Waals surface area contributed by atoms with E-state index >= 15 is 0 Å². The van der Waals surface area contributed by atoms with Gasteiger partial charge < -0.3 is 29.3 Å². The number of hydrogen-bond acceptors (Lipinski definition) is 6. The quantitative estimate of drug-likeness (QED) is 0.364. The van der Waals surface area contributed by atoms with Gasteiger partial charge in [0.25, 0.3) is 0 Å². The summed E-state index contributed by atoms with van der Waals surface area (Å²) in [6, 6.07) is 6.04. The van der Waals surface area contributed by atoms with Crippen LogP contribution in [-0.4, -0.2) is 82.8 Å². The highest BCUT2D eigenvalue weighted by Gasteiger charge is 2.28. The Morgan fingerprint density at radius 3 is 2.61 bits per heavy atom. The third-order valence-corrected chi connectivity index (χ3v) is 5.51. The van der Waals surface area contributed by atoms with Gasteiger partial charge in [-0.15, -0.1) is 0 Å². The number of methoxy groups -OCH3 is 2. The van der Waals surface area contributed by atoms with E-state index in [9.17, 15) is 4.79 Å². The van der Waals surface area contributed by atoms with Gasteiger partial charge in [-0.2, -0.15) is 0 Å². The van der Waals surface area contributed by atoms with Crippen molar-refractivity contribution in [3.05, 3.63) is 23.8 Å². The molecule has 1 aliphatic heterocycles. The van der Waals surface area contributed by atoms with Crippen LogP contribution in [0.25, 0.3) is 0 Å². The summed E-state index contributed by atoms with van der Waals surface area (Å²) in [5, 5.41) is 3.39. The van der Waals surface area contributed by atoms with E-state index in [1.54, 1.807) is 14.2 Å². The molecular weight excluding hydrogens is 396 g/mol. The summed E-state index contributed by atoms with van der Waals surface area (Å²) < 4.78 is 16.1. The van der Waals surface area contributed by atoms with Crippen molar-refractivity contribution in [3.63, 3.8) is 0 Å². The van der Waals surface area contributed by atoms with E-state index in [-0.39, 0.29) is 17.9 Å². The van der Waals surface area contributed by atoms with Gasteiger partial charge in [0.05, 0.1) is 39.3 Å². The van der Waals surface area contributed by atoms with Crippen molar-refractivity contribution < 1.29 is 19.0 Å². The summed E-state index contributed by atoms with van der Waals surface area (Å²) in [6.07, 6.45) is 1.81. The maximum Gasteiger partial charge on any atom is 0.310 e. The van der Waals surface area contributed by atoms with Crippen LogP contribution in [0.15, 0.2) is 23.2 Å². The van der Waals surface area contributed by atoms with E-state index in [1.165, 1.54) is 0 Å². The molecule has 1 aromatic rings. The van der Waals surface area contributed by atoms with E-state index in [2.05, 4.69) is 22.0 Å². The number of likely N-dealkylation sites (tertiary alicyclic amines) is 1. The van der Waals surface area contributed by atoms with Gasteiger partial charge in [-0.3, -0.25) is 9.79 Å². The number of benzene rings is 1. The van der Waals surface area contributed by atoms with Crippen LogP contribution in [0.2, 0.25) is 0 Å². The lowest BCUT2D eigenvalue weighted by Gasteiger charge is -2.34. The van der Waals surface area contributed by atoms with Crippen molar-refractivity contribution in [1.82, 2.24) is 15.1 Å². The molecule has 31 heavy (non-hydrogen) atoms. The Labute approximate surface area is 186 Å². The monoisotopic (exact) mass is 434 g/mol. The van der Waals surface area contributed by atoms with Gasteiger partial charge in [0.15, 0.2) is 17.5 Å². The van der Waals surface area contributed by atoms with Gasteiger partial charge in [0.2, 0.25) is 0 Å². The van der Waals surface area contributed by atoms with Crippen LogP contribution in [0.1, 0.15) is 38.3 Å². The van der Waals surface area contributed by atoms with Gasteiger partial charge >= 0.3 is 5.97 Å². The first-order valence-corrected chi connectivity index (χ1v) is 11.0. The van der Waals surface area contributed by atoms with E-state index < -0.39 is 0 Å². The topological polar surface area (TPSA) is 75.6 Å². The minimum absolute atomic E-state index is 0.0686. The molecule has 174 valence electrons. The second kappa shape index (κ2) is 12.4. The number of likely N-dealkylation sites (N-methyl/N-ethyl adjacent to an activating group) is 1. The largest absolute Gasteiger partial charge is 0.493 e. The van der Waals surface area contributed by atoms with Crippen molar-refractivity contribution in [2.75, 3.05) is 61.1 Å². The molecule has 0 radical (unpaired) electrons. The number of esters is 1. The number of nitrogens with one attached hydrogen (secondary N) is 1. The van der Waals surface area contributed by atoms with E-state index in [4.69, 9.17) is 19.2 Å². The number of hydrogen-bond donors (Lipinski definition) is 1. The van der Waals surface area contributed by atoms with Crippen molar-refractivity contribution >= 4 is 11.9 Å². The fraction of sp³-hybridized carbons (Fsp3) is 0.652. The zero-order valence-electron chi connectivity index (χ0n) is 19.8. The molecule has 0 bridgehead atoms. The maximum atomic E-state index is 12.2. The molecule has 1 fully saturated rings. The highest BCUT2D eigenvalue weighted by molar-refractivity contribution is 5.81. The molecule has 0 spiro atoms. The van der Waals surface area contributed by atoms with Crippen molar-refractivity contribution in [2.45, 2.75) is 32.7 Å². The molecule has 8 nitrogen and oxygen atoms in total. The minimum Gasteiger partial charge on any atom is -0.493 e. The Morgan fingerprint density at radius 2 is 2.00 bits per heavy atom. The van der Waals surface area contributed by atoms with Crippen LogP contribution in [0.4, 0.5) is 0 Å². The number of aliphatic imine (C=N–C) groups is 1. The fourth-order valence-corrected chi connectivity index (χ4v) is 3.85. The molecule has 2 rings (SSSR count). The second-order valence-electron chi connectivity index (χ2n) is 7.83. The third kappa shape index (κ3) is 6.75. The lowest BCUT2D eigenvalue weighted by atomic mass is 9.98. The van der Waals surface area contributed by atoms with Crippen LogP contribution < -0.4 is 14.8 Å². The zero-order valence-corrected chi connectivity index (χ0v) is 19.8. The average molecular weight is 435 g/mol. The predicted octanol–water partition coefficient (Wildman–Crippen LogP) is 2.55. The third-order valence-electron chi connectivity index (χ3n) is 5.51. The number of nitrogens with zero attached hydrogens (tertiary/aromatic N) is 3. The molecule has 1 aromatic carbocycles.